The van der Waals surface area contributed by atoms with Gasteiger partial charge in [-0.2, -0.15) is 0 Å². The second-order valence-corrected chi connectivity index (χ2v) is 5.37. The van der Waals surface area contributed by atoms with Crippen molar-refractivity contribution in [3.05, 3.63) is 56.6 Å². The number of benzene rings is 2. The van der Waals surface area contributed by atoms with Gasteiger partial charge in [0.25, 0.3) is 11.4 Å². The molecule has 2 rings (SSSR count). The summed E-state index contributed by atoms with van der Waals surface area (Å²) >= 11 is 1.24. The summed E-state index contributed by atoms with van der Waals surface area (Å²) in [6.07, 6.45) is 0. The van der Waals surface area contributed by atoms with E-state index in [9.17, 15) is 20.2 Å². The lowest BCUT2D eigenvalue weighted by Crippen LogP contribution is -1.93. The molecule has 120 valence electrons. The molecule has 0 aliphatic rings. The van der Waals surface area contributed by atoms with Gasteiger partial charge in [0.2, 0.25) is 0 Å². The van der Waals surface area contributed by atoms with Crippen molar-refractivity contribution in [2.75, 3.05) is 14.2 Å². The minimum absolute atomic E-state index is 0.0816. The van der Waals surface area contributed by atoms with Crippen molar-refractivity contribution >= 4 is 23.1 Å². The van der Waals surface area contributed by atoms with Gasteiger partial charge in [-0.3, -0.25) is 20.2 Å². The highest BCUT2D eigenvalue weighted by molar-refractivity contribution is 7.99. The molecule has 0 saturated carbocycles. The summed E-state index contributed by atoms with van der Waals surface area (Å²) in [5.41, 5.74) is -0.163. The number of nitro groups is 2. The van der Waals surface area contributed by atoms with E-state index in [2.05, 4.69) is 0 Å². The fraction of sp³-hybridized carbons (Fsp3) is 0.143. The minimum Gasteiger partial charge on any atom is -0.495 e. The van der Waals surface area contributed by atoms with Crippen LogP contribution in [-0.4, -0.2) is 24.1 Å². The standard InChI is InChI=1S/C14H12N2O6S/c1-21-11-7-9(15(17)18)3-5-13(11)23-14-6-4-10(16(19)20)8-12(14)22-2/h3-8H,1-2H3. The van der Waals surface area contributed by atoms with Crippen LogP contribution >= 0.6 is 11.8 Å². The van der Waals surface area contributed by atoms with Crippen molar-refractivity contribution in [3.8, 4) is 11.5 Å². The number of methoxy groups -OCH3 is 2. The first-order valence-electron chi connectivity index (χ1n) is 6.29. The molecular formula is C14H12N2O6S. The van der Waals surface area contributed by atoms with Gasteiger partial charge in [0.1, 0.15) is 11.5 Å². The third-order valence-electron chi connectivity index (χ3n) is 2.94. The molecule has 8 nitrogen and oxygen atoms in total. The zero-order valence-electron chi connectivity index (χ0n) is 12.2. The lowest BCUT2D eigenvalue weighted by Gasteiger charge is -2.10. The molecule has 0 amide bonds. The molecule has 2 aromatic rings. The Hall–Kier alpha value is -2.81. The van der Waals surface area contributed by atoms with E-state index < -0.39 is 9.85 Å². The van der Waals surface area contributed by atoms with Gasteiger partial charge in [-0.25, -0.2) is 0 Å². The van der Waals surface area contributed by atoms with Gasteiger partial charge in [0, 0.05) is 12.1 Å². The molecule has 9 heteroatoms. The van der Waals surface area contributed by atoms with Gasteiger partial charge < -0.3 is 9.47 Å². The van der Waals surface area contributed by atoms with Gasteiger partial charge in [-0.05, 0) is 12.1 Å². The summed E-state index contributed by atoms with van der Waals surface area (Å²) in [4.78, 5) is 21.8. The molecule has 0 radical (unpaired) electrons. The zero-order valence-corrected chi connectivity index (χ0v) is 13.0. The number of nitro benzene ring substituents is 2. The van der Waals surface area contributed by atoms with Crippen LogP contribution in [0.25, 0.3) is 0 Å². The topological polar surface area (TPSA) is 105 Å². The first kappa shape index (κ1) is 16.6. The van der Waals surface area contributed by atoms with Gasteiger partial charge in [0.15, 0.2) is 0 Å². The summed E-state index contributed by atoms with van der Waals surface area (Å²) in [6.45, 7) is 0. The Labute approximate surface area is 135 Å². The average Bonchev–Trinajstić information content (AvgIpc) is 2.55. The Morgan fingerprint density at radius 3 is 1.52 bits per heavy atom. The van der Waals surface area contributed by atoms with Crippen LogP contribution in [0.5, 0.6) is 11.5 Å². The van der Waals surface area contributed by atoms with Crippen molar-refractivity contribution in [1.29, 1.82) is 0 Å². The van der Waals surface area contributed by atoms with Gasteiger partial charge in [-0.1, -0.05) is 11.8 Å². The van der Waals surface area contributed by atoms with Crippen LogP contribution < -0.4 is 9.47 Å². The fourth-order valence-corrected chi connectivity index (χ4v) is 2.82. The average molecular weight is 336 g/mol. The summed E-state index contributed by atoms with van der Waals surface area (Å²) in [6, 6.07) is 8.48. The quantitative estimate of drug-likeness (QED) is 0.585. The third kappa shape index (κ3) is 3.69. The minimum atomic E-state index is -0.510. The van der Waals surface area contributed by atoms with Crippen molar-refractivity contribution in [2.45, 2.75) is 9.79 Å². The Kier molecular flexibility index (Phi) is 5.02. The highest BCUT2D eigenvalue weighted by atomic mass is 32.2. The fourth-order valence-electron chi connectivity index (χ4n) is 1.83. The first-order valence-corrected chi connectivity index (χ1v) is 7.10. The van der Waals surface area contributed by atoms with E-state index in [4.69, 9.17) is 9.47 Å². The van der Waals surface area contributed by atoms with E-state index in [1.807, 2.05) is 0 Å². The van der Waals surface area contributed by atoms with Crippen LogP contribution in [0.4, 0.5) is 11.4 Å². The summed E-state index contributed by atoms with van der Waals surface area (Å²) in [7, 11) is 2.83. The molecule has 0 aliphatic heterocycles. The maximum absolute atomic E-state index is 10.8. The Balaban J connectivity index is 2.39. The van der Waals surface area contributed by atoms with E-state index >= 15 is 0 Å². The number of ether oxygens (including phenoxy) is 2. The maximum Gasteiger partial charge on any atom is 0.273 e. The summed E-state index contributed by atoms with van der Waals surface area (Å²) in [5, 5.41) is 21.6. The Morgan fingerprint density at radius 1 is 0.826 bits per heavy atom. The van der Waals surface area contributed by atoms with Crippen molar-refractivity contribution in [1.82, 2.24) is 0 Å². The molecule has 0 unspecified atom stereocenters. The van der Waals surface area contributed by atoms with Crippen LogP contribution in [0.1, 0.15) is 0 Å². The molecular weight excluding hydrogens is 324 g/mol. The Morgan fingerprint density at radius 2 is 1.22 bits per heavy atom. The molecule has 0 atom stereocenters. The second-order valence-electron chi connectivity index (χ2n) is 4.29. The zero-order chi connectivity index (χ0) is 17.0. The molecule has 0 heterocycles. The normalized spacial score (nSPS) is 10.2. The predicted octanol–water partition coefficient (Wildman–Crippen LogP) is 3.67. The number of non-ortho nitro benzene ring substituents is 2. The highest BCUT2D eigenvalue weighted by Gasteiger charge is 2.16. The van der Waals surface area contributed by atoms with Crippen molar-refractivity contribution < 1.29 is 19.3 Å². The predicted molar refractivity (Wildman–Crippen MR) is 83.4 cm³/mol. The highest BCUT2D eigenvalue weighted by Crippen LogP contribution is 2.41. The van der Waals surface area contributed by atoms with E-state index in [0.717, 1.165) is 0 Å². The molecule has 0 spiro atoms. The molecule has 0 saturated heterocycles. The van der Waals surface area contributed by atoms with E-state index in [1.165, 1.54) is 50.2 Å². The van der Waals surface area contributed by atoms with E-state index in [-0.39, 0.29) is 11.4 Å². The van der Waals surface area contributed by atoms with Gasteiger partial charge in [-0.15, -0.1) is 0 Å². The largest absolute Gasteiger partial charge is 0.495 e. The van der Waals surface area contributed by atoms with Crippen LogP contribution in [0.15, 0.2) is 46.2 Å². The molecule has 0 fully saturated rings. The molecule has 0 aliphatic carbocycles. The lowest BCUT2D eigenvalue weighted by atomic mass is 10.3. The van der Waals surface area contributed by atoms with Gasteiger partial charge in [0.05, 0.1) is 46.0 Å². The van der Waals surface area contributed by atoms with Crippen molar-refractivity contribution in [3.63, 3.8) is 0 Å². The smallest absolute Gasteiger partial charge is 0.273 e. The molecule has 0 aromatic heterocycles. The molecule has 0 N–H and O–H groups in total. The second kappa shape index (κ2) is 6.97. The van der Waals surface area contributed by atoms with Crippen molar-refractivity contribution in [2.24, 2.45) is 0 Å². The first-order chi connectivity index (χ1) is 11.0. The van der Waals surface area contributed by atoms with Crippen LogP contribution in [-0.2, 0) is 0 Å². The van der Waals surface area contributed by atoms with E-state index in [0.29, 0.717) is 21.3 Å². The number of hydrogen-bond acceptors (Lipinski definition) is 7. The monoisotopic (exact) mass is 336 g/mol. The SMILES string of the molecule is COc1cc([N+](=O)[O-])ccc1Sc1ccc([N+](=O)[O-])cc1OC. The number of hydrogen-bond donors (Lipinski definition) is 0. The summed E-state index contributed by atoms with van der Waals surface area (Å²) in [5.74, 6) is 0.675. The van der Waals surface area contributed by atoms with Gasteiger partial charge >= 0.3 is 0 Å². The Bertz CT molecular complexity index is 701. The number of rotatable bonds is 6. The maximum atomic E-state index is 10.8. The molecule has 23 heavy (non-hydrogen) atoms. The third-order valence-corrected chi connectivity index (χ3v) is 4.05. The van der Waals surface area contributed by atoms with Crippen LogP contribution in [0, 0.1) is 20.2 Å². The van der Waals surface area contributed by atoms with Crippen LogP contribution in [0.3, 0.4) is 0 Å². The molecule has 0 bridgehead atoms. The molecule has 2 aromatic carbocycles. The number of nitrogens with zero attached hydrogens (tertiary/aromatic N) is 2. The van der Waals surface area contributed by atoms with Crippen LogP contribution in [0.2, 0.25) is 0 Å². The summed E-state index contributed by atoms with van der Waals surface area (Å²) < 4.78 is 10.3. The lowest BCUT2D eigenvalue weighted by molar-refractivity contribution is -0.385. The van der Waals surface area contributed by atoms with E-state index in [1.54, 1.807) is 12.1 Å².